The van der Waals surface area contributed by atoms with Gasteiger partial charge in [-0.05, 0) is 26.0 Å². The molecular weight excluding hydrogens is 196 g/mol. The van der Waals surface area contributed by atoms with Crippen LogP contribution < -0.4 is 0 Å². The molecule has 72 valence electrons. The number of rotatable bonds is 2. The summed E-state index contributed by atoms with van der Waals surface area (Å²) < 4.78 is 5.10. The van der Waals surface area contributed by atoms with E-state index in [1.807, 2.05) is 18.4 Å². The minimum absolute atomic E-state index is 0.0422. The van der Waals surface area contributed by atoms with Crippen molar-refractivity contribution >= 4 is 17.1 Å². The van der Waals surface area contributed by atoms with Crippen LogP contribution in [-0.4, -0.2) is 5.78 Å². The number of carbonyl (C=O) groups excluding carboxylic acids is 1. The normalized spacial score (nSPS) is 10.4. The Kier molecular flexibility index (Phi) is 2.25. The molecule has 2 aromatic rings. The lowest BCUT2D eigenvalue weighted by Gasteiger charge is -1.94. The molecule has 0 radical (unpaired) electrons. The number of furan rings is 1. The highest BCUT2D eigenvalue weighted by molar-refractivity contribution is 7.10. The van der Waals surface area contributed by atoms with Crippen molar-refractivity contribution in [3.05, 3.63) is 45.5 Å². The SMILES string of the molecule is Cc1cc(C(=O)c2ccoc2C)cs1. The molecule has 0 fully saturated rings. The number of hydrogen-bond donors (Lipinski definition) is 0. The monoisotopic (exact) mass is 206 g/mol. The van der Waals surface area contributed by atoms with Crippen LogP contribution in [0.15, 0.2) is 28.2 Å². The topological polar surface area (TPSA) is 30.2 Å². The molecule has 0 bridgehead atoms. The summed E-state index contributed by atoms with van der Waals surface area (Å²) in [6.07, 6.45) is 1.54. The summed E-state index contributed by atoms with van der Waals surface area (Å²) in [7, 11) is 0. The fraction of sp³-hybridized carbons (Fsp3) is 0.182. The fourth-order valence-corrected chi connectivity index (χ4v) is 2.02. The Bertz CT molecular complexity index is 465. The Hall–Kier alpha value is -1.35. The van der Waals surface area contributed by atoms with Crippen molar-refractivity contribution in [1.82, 2.24) is 0 Å². The average Bonchev–Trinajstić information content (AvgIpc) is 2.73. The molecule has 0 spiro atoms. The van der Waals surface area contributed by atoms with Crippen LogP contribution in [-0.2, 0) is 0 Å². The summed E-state index contributed by atoms with van der Waals surface area (Å²) in [5.74, 6) is 0.722. The van der Waals surface area contributed by atoms with Crippen molar-refractivity contribution in [3.8, 4) is 0 Å². The summed E-state index contributed by atoms with van der Waals surface area (Å²) in [4.78, 5) is 13.0. The molecule has 0 aliphatic heterocycles. The molecule has 2 nitrogen and oxygen atoms in total. The van der Waals surface area contributed by atoms with Crippen molar-refractivity contribution in [2.75, 3.05) is 0 Å². The first-order valence-corrected chi connectivity index (χ1v) is 5.20. The predicted molar refractivity (Wildman–Crippen MR) is 55.9 cm³/mol. The van der Waals surface area contributed by atoms with E-state index in [0.29, 0.717) is 11.3 Å². The molecule has 3 heteroatoms. The van der Waals surface area contributed by atoms with Crippen LogP contribution in [0.3, 0.4) is 0 Å². The van der Waals surface area contributed by atoms with Crippen LogP contribution >= 0.6 is 11.3 Å². The lowest BCUT2D eigenvalue weighted by Crippen LogP contribution is -1.99. The molecule has 0 saturated heterocycles. The van der Waals surface area contributed by atoms with Gasteiger partial charge in [-0.2, -0.15) is 0 Å². The molecule has 0 aliphatic rings. The van der Waals surface area contributed by atoms with Crippen LogP contribution in [0, 0.1) is 13.8 Å². The first-order chi connectivity index (χ1) is 6.68. The van der Waals surface area contributed by atoms with E-state index in [9.17, 15) is 4.79 Å². The number of carbonyl (C=O) groups is 1. The van der Waals surface area contributed by atoms with Gasteiger partial charge in [-0.1, -0.05) is 0 Å². The van der Waals surface area contributed by atoms with E-state index >= 15 is 0 Å². The van der Waals surface area contributed by atoms with Gasteiger partial charge in [0.1, 0.15) is 5.76 Å². The zero-order chi connectivity index (χ0) is 10.1. The van der Waals surface area contributed by atoms with Gasteiger partial charge in [-0.15, -0.1) is 11.3 Å². The minimum atomic E-state index is 0.0422. The van der Waals surface area contributed by atoms with Gasteiger partial charge in [0.05, 0.1) is 11.8 Å². The van der Waals surface area contributed by atoms with Crippen LogP contribution in [0.5, 0.6) is 0 Å². The predicted octanol–water partition coefficient (Wildman–Crippen LogP) is 3.19. The summed E-state index contributed by atoms with van der Waals surface area (Å²) in [6, 6.07) is 3.62. The van der Waals surface area contributed by atoms with Gasteiger partial charge in [0.25, 0.3) is 0 Å². The van der Waals surface area contributed by atoms with Gasteiger partial charge in [-0.3, -0.25) is 4.79 Å². The van der Waals surface area contributed by atoms with Crippen LogP contribution in [0.2, 0.25) is 0 Å². The van der Waals surface area contributed by atoms with Gasteiger partial charge in [0.2, 0.25) is 0 Å². The molecule has 0 aromatic carbocycles. The van der Waals surface area contributed by atoms with Gasteiger partial charge >= 0.3 is 0 Å². The Morgan fingerprint density at radius 2 is 2.21 bits per heavy atom. The van der Waals surface area contributed by atoms with Gasteiger partial charge in [0, 0.05) is 15.8 Å². The molecule has 2 rings (SSSR count). The third-order valence-corrected chi connectivity index (χ3v) is 2.96. The molecule has 0 atom stereocenters. The maximum atomic E-state index is 11.9. The first kappa shape index (κ1) is 9.21. The van der Waals surface area contributed by atoms with E-state index in [2.05, 4.69) is 0 Å². The van der Waals surface area contributed by atoms with Crippen LogP contribution in [0.1, 0.15) is 26.6 Å². The van der Waals surface area contributed by atoms with E-state index in [0.717, 1.165) is 10.4 Å². The van der Waals surface area contributed by atoms with Crippen LogP contribution in [0.25, 0.3) is 0 Å². The van der Waals surface area contributed by atoms with E-state index in [1.54, 1.807) is 30.6 Å². The Balaban J connectivity index is 2.38. The fourth-order valence-electron chi connectivity index (χ4n) is 1.34. The lowest BCUT2D eigenvalue weighted by atomic mass is 10.1. The minimum Gasteiger partial charge on any atom is -0.469 e. The molecule has 0 aliphatic carbocycles. The van der Waals surface area contributed by atoms with Crippen molar-refractivity contribution in [1.29, 1.82) is 0 Å². The van der Waals surface area contributed by atoms with Gasteiger partial charge in [-0.25, -0.2) is 0 Å². The second-order valence-corrected chi connectivity index (χ2v) is 4.28. The Labute approximate surface area is 86.2 Å². The van der Waals surface area contributed by atoms with E-state index in [4.69, 9.17) is 4.42 Å². The quantitative estimate of drug-likeness (QED) is 0.706. The van der Waals surface area contributed by atoms with Crippen molar-refractivity contribution in [3.63, 3.8) is 0 Å². The second kappa shape index (κ2) is 3.42. The molecule has 0 saturated carbocycles. The number of ketones is 1. The zero-order valence-electron chi connectivity index (χ0n) is 8.03. The molecule has 0 N–H and O–H groups in total. The van der Waals surface area contributed by atoms with E-state index in [1.165, 1.54) is 0 Å². The maximum absolute atomic E-state index is 11.9. The summed E-state index contributed by atoms with van der Waals surface area (Å²) >= 11 is 1.58. The second-order valence-electron chi connectivity index (χ2n) is 3.17. The van der Waals surface area contributed by atoms with Crippen molar-refractivity contribution in [2.24, 2.45) is 0 Å². The highest BCUT2D eigenvalue weighted by atomic mass is 32.1. The largest absolute Gasteiger partial charge is 0.469 e. The number of thiophene rings is 1. The standard InChI is InChI=1S/C11H10O2S/c1-7-5-9(6-14-7)11(12)10-3-4-13-8(10)2/h3-6H,1-2H3. The Morgan fingerprint density at radius 3 is 2.71 bits per heavy atom. The average molecular weight is 206 g/mol. The van der Waals surface area contributed by atoms with Gasteiger partial charge in [0.15, 0.2) is 5.78 Å². The third-order valence-electron chi connectivity index (χ3n) is 2.10. The number of hydrogen-bond acceptors (Lipinski definition) is 3. The van der Waals surface area contributed by atoms with E-state index < -0.39 is 0 Å². The number of aryl methyl sites for hydroxylation is 2. The van der Waals surface area contributed by atoms with E-state index in [-0.39, 0.29) is 5.78 Å². The highest BCUT2D eigenvalue weighted by Gasteiger charge is 2.14. The maximum Gasteiger partial charge on any atom is 0.197 e. The van der Waals surface area contributed by atoms with Crippen molar-refractivity contribution in [2.45, 2.75) is 13.8 Å². The van der Waals surface area contributed by atoms with Gasteiger partial charge < -0.3 is 4.42 Å². The molecule has 0 amide bonds. The highest BCUT2D eigenvalue weighted by Crippen LogP contribution is 2.19. The molecule has 14 heavy (non-hydrogen) atoms. The first-order valence-electron chi connectivity index (χ1n) is 4.32. The van der Waals surface area contributed by atoms with Crippen molar-refractivity contribution < 1.29 is 9.21 Å². The zero-order valence-corrected chi connectivity index (χ0v) is 8.85. The molecular formula is C11H10O2S. The smallest absolute Gasteiger partial charge is 0.197 e. The lowest BCUT2D eigenvalue weighted by molar-refractivity contribution is 0.103. The van der Waals surface area contributed by atoms with Crippen LogP contribution in [0.4, 0.5) is 0 Å². The summed E-state index contributed by atoms with van der Waals surface area (Å²) in [5.41, 5.74) is 1.40. The Morgan fingerprint density at radius 1 is 1.43 bits per heavy atom. The molecule has 0 unspecified atom stereocenters. The third kappa shape index (κ3) is 1.51. The molecule has 2 aromatic heterocycles. The molecule has 2 heterocycles. The summed E-state index contributed by atoms with van der Waals surface area (Å²) in [6.45, 7) is 3.79. The summed E-state index contributed by atoms with van der Waals surface area (Å²) in [5, 5.41) is 1.88.